The number of amides is 1. The minimum atomic E-state index is -0.447. The Morgan fingerprint density at radius 3 is 3.11 bits per heavy atom. The molecule has 1 aliphatic heterocycles. The molecule has 1 amide bonds. The van der Waals surface area contributed by atoms with E-state index in [2.05, 4.69) is 26.6 Å². The lowest BCUT2D eigenvalue weighted by atomic mass is 10.2. The zero-order valence-electron chi connectivity index (χ0n) is 10.0. The molecule has 1 saturated heterocycles. The maximum absolute atomic E-state index is 12.0. The molecule has 2 rings (SSSR count). The average molecular weight is 315 g/mol. The van der Waals surface area contributed by atoms with E-state index in [-0.39, 0.29) is 5.91 Å². The van der Waals surface area contributed by atoms with Gasteiger partial charge in [0, 0.05) is 23.6 Å². The third-order valence-electron chi connectivity index (χ3n) is 2.65. The third kappa shape index (κ3) is 3.22. The van der Waals surface area contributed by atoms with Gasteiger partial charge in [0.15, 0.2) is 0 Å². The van der Waals surface area contributed by atoms with Crippen LogP contribution in [-0.4, -0.2) is 38.8 Å². The van der Waals surface area contributed by atoms with Crippen LogP contribution in [0, 0.1) is 0 Å². The number of carbonyl (C=O) groups excluding carboxylic acids is 1. The predicted octanol–water partition coefficient (Wildman–Crippen LogP) is 1.38. The van der Waals surface area contributed by atoms with Gasteiger partial charge >= 0.3 is 0 Å². The molecule has 0 saturated carbocycles. The Kier molecular flexibility index (Phi) is 4.57. The fourth-order valence-electron chi connectivity index (χ4n) is 1.67. The predicted molar refractivity (Wildman–Crippen MR) is 71.9 cm³/mol. The van der Waals surface area contributed by atoms with Gasteiger partial charge in [-0.3, -0.25) is 4.79 Å². The van der Waals surface area contributed by atoms with Crippen molar-refractivity contribution < 1.29 is 14.3 Å². The number of rotatable bonds is 3. The normalized spacial score (nSPS) is 19.3. The van der Waals surface area contributed by atoms with E-state index in [1.165, 1.54) is 0 Å². The molecule has 1 fully saturated rings. The zero-order chi connectivity index (χ0) is 13.0. The largest absolute Gasteiger partial charge is 0.497 e. The van der Waals surface area contributed by atoms with Crippen LogP contribution in [0.4, 0.5) is 5.69 Å². The number of halogens is 1. The standard InChI is InChI=1S/C12H15BrN2O3/c1-17-8-2-3-9(13)10(6-8)15-12(16)11-7-14-4-5-18-11/h2-3,6,11,14H,4-5,7H2,1H3,(H,15,16). The van der Waals surface area contributed by atoms with Gasteiger partial charge in [-0.05, 0) is 28.1 Å². The molecule has 18 heavy (non-hydrogen) atoms. The van der Waals surface area contributed by atoms with Crippen LogP contribution in [-0.2, 0) is 9.53 Å². The topological polar surface area (TPSA) is 59.6 Å². The number of ether oxygens (including phenoxy) is 2. The molecule has 0 bridgehead atoms. The van der Waals surface area contributed by atoms with Crippen LogP contribution >= 0.6 is 15.9 Å². The van der Waals surface area contributed by atoms with Gasteiger partial charge in [0.2, 0.25) is 0 Å². The molecule has 5 nitrogen and oxygen atoms in total. The summed E-state index contributed by atoms with van der Waals surface area (Å²) in [6, 6.07) is 5.41. The van der Waals surface area contributed by atoms with Gasteiger partial charge in [-0.1, -0.05) is 0 Å². The van der Waals surface area contributed by atoms with Crippen LogP contribution in [0.2, 0.25) is 0 Å². The second-order valence-corrected chi connectivity index (χ2v) is 4.75. The Balaban J connectivity index is 2.05. The quantitative estimate of drug-likeness (QED) is 0.885. The van der Waals surface area contributed by atoms with Gasteiger partial charge in [-0.2, -0.15) is 0 Å². The smallest absolute Gasteiger partial charge is 0.254 e. The number of hydrogen-bond donors (Lipinski definition) is 2. The van der Waals surface area contributed by atoms with Gasteiger partial charge in [-0.25, -0.2) is 0 Å². The molecule has 0 spiro atoms. The van der Waals surface area contributed by atoms with Crippen molar-refractivity contribution in [3.63, 3.8) is 0 Å². The van der Waals surface area contributed by atoms with E-state index in [1.54, 1.807) is 13.2 Å². The highest BCUT2D eigenvalue weighted by Crippen LogP contribution is 2.27. The lowest BCUT2D eigenvalue weighted by Gasteiger charge is -2.23. The first-order chi connectivity index (χ1) is 8.70. The molecule has 1 atom stereocenters. The summed E-state index contributed by atoms with van der Waals surface area (Å²) < 4.78 is 11.3. The highest BCUT2D eigenvalue weighted by atomic mass is 79.9. The molecule has 1 unspecified atom stereocenters. The van der Waals surface area contributed by atoms with E-state index in [0.29, 0.717) is 24.6 Å². The first-order valence-corrected chi connectivity index (χ1v) is 6.46. The van der Waals surface area contributed by atoms with E-state index in [4.69, 9.17) is 9.47 Å². The Hall–Kier alpha value is -1.11. The van der Waals surface area contributed by atoms with Crippen molar-refractivity contribution in [2.24, 2.45) is 0 Å². The van der Waals surface area contributed by atoms with Crippen molar-refractivity contribution in [2.75, 3.05) is 32.1 Å². The van der Waals surface area contributed by atoms with Gasteiger partial charge in [-0.15, -0.1) is 0 Å². The van der Waals surface area contributed by atoms with E-state index in [9.17, 15) is 4.79 Å². The molecule has 0 aromatic heterocycles. The van der Waals surface area contributed by atoms with Gasteiger partial charge in [0.1, 0.15) is 11.9 Å². The van der Waals surface area contributed by atoms with Crippen LogP contribution < -0.4 is 15.4 Å². The summed E-state index contributed by atoms with van der Waals surface area (Å²) in [6.45, 7) is 1.87. The highest BCUT2D eigenvalue weighted by Gasteiger charge is 2.22. The highest BCUT2D eigenvalue weighted by molar-refractivity contribution is 9.10. The monoisotopic (exact) mass is 314 g/mol. The third-order valence-corrected chi connectivity index (χ3v) is 3.34. The summed E-state index contributed by atoms with van der Waals surface area (Å²) in [5.41, 5.74) is 0.675. The maximum atomic E-state index is 12.0. The SMILES string of the molecule is COc1ccc(Br)c(NC(=O)C2CNCCO2)c1. The average Bonchev–Trinajstić information content (AvgIpc) is 2.42. The summed E-state index contributed by atoms with van der Waals surface area (Å²) in [5, 5.41) is 5.94. The molecule has 2 N–H and O–H groups in total. The Labute approximate surface area is 114 Å². The first kappa shape index (κ1) is 13.3. The molecule has 1 aliphatic rings. The number of carbonyl (C=O) groups is 1. The molecule has 1 aromatic carbocycles. The van der Waals surface area contributed by atoms with Crippen LogP contribution in [0.25, 0.3) is 0 Å². The number of hydrogen-bond acceptors (Lipinski definition) is 4. The van der Waals surface area contributed by atoms with Crippen LogP contribution in [0.5, 0.6) is 5.75 Å². The van der Waals surface area contributed by atoms with Crippen LogP contribution in [0.3, 0.4) is 0 Å². The molecular weight excluding hydrogens is 300 g/mol. The second-order valence-electron chi connectivity index (χ2n) is 3.90. The molecule has 6 heteroatoms. The van der Waals surface area contributed by atoms with Gasteiger partial charge in [0.05, 0.1) is 19.4 Å². The van der Waals surface area contributed by atoms with E-state index in [1.807, 2.05) is 12.1 Å². The van der Waals surface area contributed by atoms with E-state index in [0.717, 1.165) is 11.0 Å². The minimum absolute atomic E-state index is 0.156. The Bertz CT molecular complexity index is 433. The summed E-state index contributed by atoms with van der Waals surface area (Å²) in [6.07, 6.45) is -0.447. The van der Waals surface area contributed by atoms with Crippen molar-refractivity contribution >= 4 is 27.5 Å². The summed E-state index contributed by atoms with van der Waals surface area (Å²) in [5.74, 6) is 0.535. The van der Waals surface area contributed by atoms with Gasteiger partial charge in [0.25, 0.3) is 5.91 Å². The first-order valence-electron chi connectivity index (χ1n) is 5.67. The Morgan fingerprint density at radius 2 is 2.44 bits per heavy atom. The van der Waals surface area contributed by atoms with E-state index >= 15 is 0 Å². The van der Waals surface area contributed by atoms with Crippen molar-refractivity contribution in [3.8, 4) is 5.75 Å². The summed E-state index contributed by atoms with van der Waals surface area (Å²) in [4.78, 5) is 12.0. The second kappa shape index (κ2) is 6.17. The molecule has 0 aliphatic carbocycles. The summed E-state index contributed by atoms with van der Waals surface area (Å²) >= 11 is 3.39. The Morgan fingerprint density at radius 1 is 1.61 bits per heavy atom. The molecular formula is C12H15BrN2O3. The minimum Gasteiger partial charge on any atom is -0.497 e. The van der Waals surface area contributed by atoms with Gasteiger partial charge < -0.3 is 20.1 Å². The molecule has 98 valence electrons. The molecule has 1 heterocycles. The number of morpholine rings is 1. The lowest BCUT2D eigenvalue weighted by Crippen LogP contribution is -2.45. The fraction of sp³-hybridized carbons (Fsp3) is 0.417. The fourth-order valence-corrected chi connectivity index (χ4v) is 2.02. The maximum Gasteiger partial charge on any atom is 0.254 e. The molecule has 1 aromatic rings. The number of anilines is 1. The number of nitrogens with one attached hydrogen (secondary N) is 2. The zero-order valence-corrected chi connectivity index (χ0v) is 11.6. The summed E-state index contributed by atoms with van der Waals surface area (Å²) in [7, 11) is 1.59. The van der Waals surface area contributed by atoms with Crippen LogP contribution in [0.15, 0.2) is 22.7 Å². The number of benzene rings is 1. The van der Waals surface area contributed by atoms with E-state index < -0.39 is 6.10 Å². The number of methoxy groups -OCH3 is 1. The van der Waals surface area contributed by atoms with Crippen molar-refractivity contribution in [2.45, 2.75) is 6.10 Å². The van der Waals surface area contributed by atoms with Crippen LogP contribution in [0.1, 0.15) is 0 Å². The lowest BCUT2D eigenvalue weighted by molar-refractivity contribution is -0.128. The van der Waals surface area contributed by atoms with Crippen molar-refractivity contribution in [1.82, 2.24) is 5.32 Å². The van der Waals surface area contributed by atoms with Crippen molar-refractivity contribution in [3.05, 3.63) is 22.7 Å². The van der Waals surface area contributed by atoms with Crippen molar-refractivity contribution in [1.29, 1.82) is 0 Å². The molecule has 0 radical (unpaired) electrons.